The molecule has 11 heteroatoms. The molecule has 2 rings (SSSR count). The van der Waals surface area contributed by atoms with Crippen molar-refractivity contribution in [3.8, 4) is 0 Å². The maximum atomic E-state index is 10.00. The Hall–Kier alpha value is -0.440. The average Bonchev–Trinajstić information content (AvgIpc) is 2.80. The molecule has 11 nitrogen and oxygen atoms in total. The summed E-state index contributed by atoms with van der Waals surface area (Å²) < 4.78 is 15.3. The van der Waals surface area contributed by atoms with Crippen LogP contribution in [-0.4, -0.2) is 115 Å². The minimum absolute atomic E-state index is 0.668. The van der Waals surface area contributed by atoms with E-state index >= 15 is 0 Å². The van der Waals surface area contributed by atoms with Crippen LogP contribution in [0.25, 0.3) is 0 Å². The van der Waals surface area contributed by atoms with E-state index in [2.05, 4.69) is 0 Å². The van der Waals surface area contributed by atoms with Crippen LogP contribution in [0.5, 0.6) is 0 Å². The third-order valence-electron chi connectivity index (χ3n) is 4.04. The summed E-state index contributed by atoms with van der Waals surface area (Å²) in [6.07, 6.45) is -12.2. The van der Waals surface area contributed by atoms with E-state index in [0.29, 0.717) is 0 Å². The fourth-order valence-corrected chi connectivity index (χ4v) is 2.63. The number of hydrogen-bond donors (Lipinski definition) is 8. The van der Waals surface area contributed by atoms with Crippen molar-refractivity contribution in [3.63, 3.8) is 0 Å². The van der Waals surface area contributed by atoms with Gasteiger partial charge in [0.25, 0.3) is 0 Å². The van der Waals surface area contributed by atoms with Gasteiger partial charge in [-0.3, -0.25) is 0 Å². The van der Waals surface area contributed by atoms with Gasteiger partial charge in [0.1, 0.15) is 42.7 Å². The Morgan fingerprint density at radius 1 is 0.870 bits per heavy atom. The van der Waals surface area contributed by atoms with Crippen LogP contribution < -0.4 is 0 Å². The Balaban J connectivity index is 2.13. The molecule has 136 valence electrons. The zero-order chi connectivity index (χ0) is 17.4. The van der Waals surface area contributed by atoms with Gasteiger partial charge in [0.2, 0.25) is 5.79 Å². The van der Waals surface area contributed by atoms with Gasteiger partial charge in [-0.15, -0.1) is 0 Å². The molecule has 0 spiro atoms. The van der Waals surface area contributed by atoms with Gasteiger partial charge in [-0.05, 0) is 0 Å². The molecule has 2 heterocycles. The summed E-state index contributed by atoms with van der Waals surface area (Å²) >= 11 is 0. The van der Waals surface area contributed by atoms with Crippen LogP contribution in [0.2, 0.25) is 0 Å². The van der Waals surface area contributed by atoms with Crippen molar-refractivity contribution in [3.05, 3.63) is 0 Å². The number of aliphatic hydroxyl groups excluding tert-OH is 7. The number of aliphatic hydroxyl groups is 8. The Bertz CT molecular complexity index is 393. The molecule has 2 aliphatic heterocycles. The van der Waals surface area contributed by atoms with Crippen molar-refractivity contribution in [1.29, 1.82) is 0 Å². The second-order valence-electron chi connectivity index (χ2n) is 5.58. The summed E-state index contributed by atoms with van der Waals surface area (Å²) in [5.41, 5.74) is 0. The third kappa shape index (κ3) is 3.36. The van der Waals surface area contributed by atoms with E-state index < -0.39 is 74.6 Å². The van der Waals surface area contributed by atoms with Gasteiger partial charge in [0.05, 0.1) is 19.8 Å². The van der Waals surface area contributed by atoms with Gasteiger partial charge < -0.3 is 55.1 Å². The summed E-state index contributed by atoms with van der Waals surface area (Å²) in [6.45, 7) is -2.32. The van der Waals surface area contributed by atoms with Gasteiger partial charge in [0, 0.05) is 0 Å². The first-order chi connectivity index (χ1) is 10.8. The predicted octanol–water partition coefficient (Wildman–Crippen LogP) is -5.40. The average molecular weight is 342 g/mol. The number of ether oxygens (including phenoxy) is 3. The molecule has 2 aliphatic rings. The lowest BCUT2D eigenvalue weighted by molar-refractivity contribution is -0.318. The fraction of sp³-hybridized carbons (Fsp3) is 1.00. The number of rotatable bonds is 5. The Labute approximate surface area is 130 Å². The molecule has 2 fully saturated rings. The lowest BCUT2D eigenvalue weighted by Crippen LogP contribution is -2.60. The highest BCUT2D eigenvalue weighted by Crippen LogP contribution is 2.33. The van der Waals surface area contributed by atoms with E-state index in [-0.39, 0.29) is 0 Å². The summed E-state index contributed by atoms with van der Waals surface area (Å²) in [5.74, 6) is -2.37. The van der Waals surface area contributed by atoms with Gasteiger partial charge >= 0.3 is 0 Å². The van der Waals surface area contributed by atoms with Crippen molar-refractivity contribution in [2.45, 2.75) is 54.8 Å². The Kier molecular flexibility index (Phi) is 5.92. The van der Waals surface area contributed by atoms with Crippen LogP contribution in [-0.2, 0) is 14.2 Å². The highest BCUT2D eigenvalue weighted by Gasteiger charge is 2.56. The topological polar surface area (TPSA) is 190 Å². The molecular weight excluding hydrogens is 320 g/mol. The SMILES string of the molecule is OC[C@@H]1O[C@H](O[C@@H]2[C@H](CO)O[C@](O)(CO)[C@@H]2O)[C@@H](O)[C@H](O)[C@H]1O. The third-order valence-corrected chi connectivity index (χ3v) is 4.04. The molecule has 0 aromatic rings. The molecule has 8 N–H and O–H groups in total. The van der Waals surface area contributed by atoms with Crippen LogP contribution >= 0.6 is 0 Å². The van der Waals surface area contributed by atoms with Gasteiger partial charge in [-0.25, -0.2) is 0 Å². The Morgan fingerprint density at radius 3 is 2.00 bits per heavy atom. The fourth-order valence-electron chi connectivity index (χ4n) is 2.63. The van der Waals surface area contributed by atoms with E-state index in [4.69, 9.17) is 24.4 Å². The molecule has 0 aromatic carbocycles. The summed E-state index contributed by atoms with van der Waals surface area (Å²) in [7, 11) is 0. The number of hydrogen-bond acceptors (Lipinski definition) is 11. The molecule has 0 radical (unpaired) electrons. The first kappa shape index (κ1) is 18.9. The van der Waals surface area contributed by atoms with Crippen molar-refractivity contribution in [2.75, 3.05) is 19.8 Å². The van der Waals surface area contributed by atoms with Crippen molar-refractivity contribution < 1.29 is 55.1 Å². The molecule has 0 aromatic heterocycles. The van der Waals surface area contributed by atoms with Crippen LogP contribution in [0.1, 0.15) is 0 Å². The molecule has 0 aliphatic carbocycles. The Morgan fingerprint density at radius 2 is 1.48 bits per heavy atom. The summed E-state index contributed by atoms with van der Waals surface area (Å²) in [5, 5.41) is 76.5. The highest BCUT2D eigenvalue weighted by atomic mass is 16.7. The normalized spacial score (nSPS) is 51.1. The highest BCUT2D eigenvalue weighted by molar-refractivity contribution is 4.98. The standard InChI is InChI=1S/C12H22O11/c13-1-4-6(16)7(17)8(18)11(21-4)22-9-5(2-14)23-12(20,3-15)10(9)19/h4-11,13-20H,1-3H2/t4-,5-,6-,7+,8-,9+,10+,11+,12+/m0/s1. The maximum absolute atomic E-state index is 10.00. The van der Waals surface area contributed by atoms with Crippen molar-refractivity contribution >= 4 is 0 Å². The second-order valence-corrected chi connectivity index (χ2v) is 5.58. The van der Waals surface area contributed by atoms with E-state index in [1.807, 2.05) is 0 Å². The quantitative estimate of drug-likeness (QED) is 0.238. The molecule has 23 heavy (non-hydrogen) atoms. The van der Waals surface area contributed by atoms with E-state index in [1.165, 1.54) is 0 Å². The monoisotopic (exact) mass is 342 g/mol. The van der Waals surface area contributed by atoms with Crippen molar-refractivity contribution in [2.24, 2.45) is 0 Å². The van der Waals surface area contributed by atoms with Gasteiger partial charge in [-0.2, -0.15) is 0 Å². The smallest absolute Gasteiger partial charge is 0.219 e. The minimum Gasteiger partial charge on any atom is -0.394 e. The molecule has 0 saturated carbocycles. The first-order valence-electron chi connectivity index (χ1n) is 7.05. The minimum atomic E-state index is -2.37. The van der Waals surface area contributed by atoms with E-state index in [0.717, 1.165) is 0 Å². The zero-order valence-electron chi connectivity index (χ0n) is 12.0. The van der Waals surface area contributed by atoms with E-state index in [9.17, 15) is 30.6 Å². The predicted molar refractivity (Wildman–Crippen MR) is 68.6 cm³/mol. The summed E-state index contributed by atoms with van der Waals surface area (Å²) in [4.78, 5) is 0. The van der Waals surface area contributed by atoms with Crippen LogP contribution in [0.15, 0.2) is 0 Å². The molecule has 0 unspecified atom stereocenters. The first-order valence-corrected chi connectivity index (χ1v) is 7.05. The lowest BCUT2D eigenvalue weighted by atomic mass is 9.99. The van der Waals surface area contributed by atoms with E-state index in [1.54, 1.807) is 0 Å². The maximum Gasteiger partial charge on any atom is 0.219 e. The molecular formula is C12H22O11. The van der Waals surface area contributed by atoms with Crippen LogP contribution in [0.3, 0.4) is 0 Å². The molecule has 9 atom stereocenters. The van der Waals surface area contributed by atoms with Crippen LogP contribution in [0, 0.1) is 0 Å². The molecule has 0 amide bonds. The van der Waals surface area contributed by atoms with Gasteiger partial charge in [0.15, 0.2) is 6.29 Å². The zero-order valence-corrected chi connectivity index (χ0v) is 12.0. The summed E-state index contributed by atoms with van der Waals surface area (Å²) in [6, 6.07) is 0. The molecule has 0 bridgehead atoms. The van der Waals surface area contributed by atoms with Crippen molar-refractivity contribution in [1.82, 2.24) is 0 Å². The molecule has 2 saturated heterocycles. The van der Waals surface area contributed by atoms with Gasteiger partial charge in [-0.1, -0.05) is 0 Å². The largest absolute Gasteiger partial charge is 0.394 e. The van der Waals surface area contributed by atoms with Crippen LogP contribution in [0.4, 0.5) is 0 Å². The lowest BCUT2D eigenvalue weighted by Gasteiger charge is -2.41. The second kappa shape index (κ2) is 7.21.